The summed E-state index contributed by atoms with van der Waals surface area (Å²) in [6.45, 7) is 4.91. The number of ether oxygens (including phenoxy) is 1. The van der Waals surface area contributed by atoms with Gasteiger partial charge in [-0.1, -0.05) is 22.9 Å². The lowest BCUT2D eigenvalue weighted by atomic mass is 9.85. The van der Waals surface area contributed by atoms with Crippen LogP contribution in [0.4, 0.5) is 0 Å². The van der Waals surface area contributed by atoms with E-state index in [1.54, 1.807) is 12.0 Å². The Hall–Kier alpha value is -0.780. The Kier molecular flexibility index (Phi) is 9.09. The number of nitrogens with one attached hydrogen (secondary N) is 1. The first-order valence-electron chi connectivity index (χ1n) is 8.28. The summed E-state index contributed by atoms with van der Waals surface area (Å²) in [4.78, 5) is 14.3. The van der Waals surface area contributed by atoms with E-state index in [1.165, 1.54) is 12.8 Å². The molecule has 1 fully saturated rings. The predicted octanol–water partition coefficient (Wildman–Crippen LogP) is 3.86. The maximum Gasteiger partial charge on any atom is 0.222 e. The molecule has 1 N–H and O–H groups in total. The van der Waals surface area contributed by atoms with Gasteiger partial charge in [-0.05, 0) is 56.0 Å². The monoisotopic (exact) mass is 418 g/mol. The molecule has 2 rings (SSSR count). The van der Waals surface area contributed by atoms with E-state index in [1.807, 2.05) is 25.2 Å². The van der Waals surface area contributed by atoms with Gasteiger partial charge >= 0.3 is 0 Å². The van der Waals surface area contributed by atoms with Gasteiger partial charge in [0.2, 0.25) is 5.91 Å². The van der Waals surface area contributed by atoms with Crippen molar-refractivity contribution in [1.29, 1.82) is 0 Å². The molecule has 0 spiro atoms. The number of carbonyl (C=O) groups excluding carboxylic acids is 1. The summed E-state index contributed by atoms with van der Waals surface area (Å²) in [6, 6.07) is 5.88. The van der Waals surface area contributed by atoms with E-state index in [4.69, 9.17) is 4.74 Å². The van der Waals surface area contributed by atoms with Crippen molar-refractivity contribution in [3.63, 3.8) is 0 Å². The third kappa shape index (κ3) is 5.94. The number of halogens is 2. The molecule has 0 aromatic heterocycles. The molecule has 1 aromatic rings. The van der Waals surface area contributed by atoms with Gasteiger partial charge in [0, 0.05) is 30.0 Å². The van der Waals surface area contributed by atoms with Crippen LogP contribution in [0.15, 0.2) is 22.7 Å². The van der Waals surface area contributed by atoms with Crippen LogP contribution in [0.25, 0.3) is 0 Å². The largest absolute Gasteiger partial charge is 0.496 e. The van der Waals surface area contributed by atoms with Gasteiger partial charge in [-0.3, -0.25) is 4.79 Å². The first kappa shape index (κ1) is 21.3. The van der Waals surface area contributed by atoms with E-state index < -0.39 is 0 Å². The van der Waals surface area contributed by atoms with Crippen LogP contribution in [0.3, 0.4) is 0 Å². The van der Waals surface area contributed by atoms with E-state index in [2.05, 4.69) is 28.2 Å². The van der Waals surface area contributed by atoms with Crippen molar-refractivity contribution in [3.8, 4) is 5.75 Å². The van der Waals surface area contributed by atoms with Crippen LogP contribution >= 0.6 is 28.3 Å². The summed E-state index contributed by atoms with van der Waals surface area (Å²) in [7, 11) is 3.53. The maximum atomic E-state index is 12.5. The average Bonchev–Trinajstić information content (AvgIpc) is 2.55. The molecule has 0 bridgehead atoms. The summed E-state index contributed by atoms with van der Waals surface area (Å²) < 4.78 is 6.39. The number of hydrogen-bond donors (Lipinski definition) is 1. The molecule has 1 saturated heterocycles. The summed E-state index contributed by atoms with van der Waals surface area (Å²) in [5, 5.41) is 3.43. The van der Waals surface area contributed by atoms with Crippen molar-refractivity contribution in [3.05, 3.63) is 28.2 Å². The van der Waals surface area contributed by atoms with E-state index in [0.717, 1.165) is 28.9 Å². The third-order valence-corrected chi connectivity index (χ3v) is 5.21. The number of carbonyl (C=O) groups is 1. The Morgan fingerprint density at radius 2 is 2.25 bits per heavy atom. The highest BCUT2D eigenvalue weighted by Crippen LogP contribution is 2.26. The van der Waals surface area contributed by atoms with Gasteiger partial charge in [0.15, 0.2) is 0 Å². The molecule has 136 valence electrons. The number of rotatable bonds is 6. The fourth-order valence-corrected chi connectivity index (χ4v) is 3.59. The van der Waals surface area contributed by atoms with Crippen molar-refractivity contribution in [1.82, 2.24) is 10.2 Å². The molecule has 4 nitrogen and oxygen atoms in total. The summed E-state index contributed by atoms with van der Waals surface area (Å²) in [5.41, 5.74) is 1.02. The highest BCUT2D eigenvalue weighted by Gasteiger charge is 2.23. The molecule has 1 aromatic carbocycles. The van der Waals surface area contributed by atoms with Gasteiger partial charge in [0.05, 0.1) is 7.11 Å². The van der Waals surface area contributed by atoms with Gasteiger partial charge in [-0.2, -0.15) is 0 Å². The standard InChI is InChI=1S/C18H27BrN2O2.ClH/c1-13(14-5-4-8-20-11-14)9-18(22)21(2)12-15-10-16(19)6-7-17(15)23-3;/h6-7,10,13-14,20H,4-5,8-9,11-12H2,1-3H3;1H. The molecule has 24 heavy (non-hydrogen) atoms. The van der Waals surface area contributed by atoms with E-state index in [9.17, 15) is 4.79 Å². The predicted molar refractivity (Wildman–Crippen MR) is 104 cm³/mol. The van der Waals surface area contributed by atoms with Crippen molar-refractivity contribution in [2.24, 2.45) is 11.8 Å². The van der Waals surface area contributed by atoms with Crippen molar-refractivity contribution in [2.45, 2.75) is 32.7 Å². The van der Waals surface area contributed by atoms with Gasteiger partial charge in [0.25, 0.3) is 0 Å². The second-order valence-electron chi connectivity index (χ2n) is 6.49. The average molecular weight is 420 g/mol. The fraction of sp³-hybridized carbons (Fsp3) is 0.611. The van der Waals surface area contributed by atoms with E-state index in [-0.39, 0.29) is 18.3 Å². The number of amides is 1. The molecule has 1 aliphatic heterocycles. The molecule has 2 unspecified atom stereocenters. The molecule has 0 radical (unpaired) electrons. The Morgan fingerprint density at radius 3 is 2.88 bits per heavy atom. The molecule has 0 aliphatic carbocycles. The Bertz CT molecular complexity index is 536. The zero-order valence-corrected chi connectivity index (χ0v) is 17.1. The van der Waals surface area contributed by atoms with Gasteiger partial charge in [-0.15, -0.1) is 12.4 Å². The quantitative estimate of drug-likeness (QED) is 0.761. The molecule has 2 atom stereocenters. The van der Waals surface area contributed by atoms with Gasteiger partial charge < -0.3 is 15.0 Å². The van der Waals surface area contributed by atoms with E-state index in [0.29, 0.717) is 24.8 Å². The Labute approximate surface area is 159 Å². The zero-order valence-electron chi connectivity index (χ0n) is 14.7. The minimum absolute atomic E-state index is 0. The normalized spacial score (nSPS) is 18.4. The lowest BCUT2D eigenvalue weighted by Gasteiger charge is -2.29. The van der Waals surface area contributed by atoms with E-state index >= 15 is 0 Å². The Balaban J connectivity index is 0.00000288. The first-order chi connectivity index (χ1) is 11.0. The minimum atomic E-state index is 0. The Morgan fingerprint density at radius 1 is 1.50 bits per heavy atom. The van der Waals surface area contributed by atoms with Gasteiger partial charge in [-0.25, -0.2) is 0 Å². The number of piperidine rings is 1. The minimum Gasteiger partial charge on any atom is -0.496 e. The maximum absolute atomic E-state index is 12.5. The topological polar surface area (TPSA) is 41.6 Å². The molecular formula is C18H28BrClN2O2. The second kappa shape index (κ2) is 10.3. The van der Waals surface area contributed by atoms with Crippen LogP contribution in [-0.2, 0) is 11.3 Å². The highest BCUT2D eigenvalue weighted by atomic mass is 79.9. The number of hydrogen-bond acceptors (Lipinski definition) is 3. The van der Waals surface area contributed by atoms with Crippen molar-refractivity contribution < 1.29 is 9.53 Å². The second-order valence-corrected chi connectivity index (χ2v) is 7.41. The van der Waals surface area contributed by atoms with Crippen LogP contribution in [0, 0.1) is 11.8 Å². The number of nitrogens with zero attached hydrogens (tertiary/aromatic N) is 1. The van der Waals surface area contributed by atoms with Crippen LogP contribution in [-0.4, -0.2) is 38.1 Å². The lowest BCUT2D eigenvalue weighted by Crippen LogP contribution is -2.36. The molecule has 6 heteroatoms. The summed E-state index contributed by atoms with van der Waals surface area (Å²) in [5.74, 6) is 2.05. The SMILES string of the molecule is COc1ccc(Br)cc1CN(C)C(=O)CC(C)C1CCCNC1.Cl. The van der Waals surface area contributed by atoms with Crippen LogP contribution in [0.1, 0.15) is 31.7 Å². The van der Waals surface area contributed by atoms with Crippen LogP contribution in [0.5, 0.6) is 5.75 Å². The highest BCUT2D eigenvalue weighted by molar-refractivity contribution is 9.10. The molecule has 1 heterocycles. The third-order valence-electron chi connectivity index (χ3n) is 4.71. The van der Waals surface area contributed by atoms with Crippen molar-refractivity contribution in [2.75, 3.05) is 27.2 Å². The smallest absolute Gasteiger partial charge is 0.222 e. The first-order valence-corrected chi connectivity index (χ1v) is 9.07. The molecule has 0 saturated carbocycles. The lowest BCUT2D eigenvalue weighted by molar-refractivity contribution is -0.131. The zero-order chi connectivity index (χ0) is 16.8. The summed E-state index contributed by atoms with van der Waals surface area (Å²) in [6.07, 6.45) is 3.05. The van der Waals surface area contributed by atoms with Crippen molar-refractivity contribution >= 4 is 34.2 Å². The van der Waals surface area contributed by atoms with Crippen LogP contribution < -0.4 is 10.1 Å². The fourth-order valence-electron chi connectivity index (χ4n) is 3.18. The number of methoxy groups -OCH3 is 1. The molecule has 1 aliphatic rings. The van der Waals surface area contributed by atoms with Gasteiger partial charge in [0.1, 0.15) is 5.75 Å². The summed E-state index contributed by atoms with van der Waals surface area (Å²) >= 11 is 3.48. The molecular weight excluding hydrogens is 392 g/mol. The number of benzene rings is 1. The van der Waals surface area contributed by atoms with Crippen LogP contribution in [0.2, 0.25) is 0 Å². The molecule has 1 amide bonds.